The molecular weight excluding hydrogens is 509 g/mol. The molecule has 2 amide bonds. The zero-order valence-corrected chi connectivity index (χ0v) is 22.4. The largest absolute Gasteiger partial charge is 0.497 e. The third-order valence-corrected chi connectivity index (χ3v) is 7.04. The summed E-state index contributed by atoms with van der Waals surface area (Å²) < 4.78 is 46.0. The van der Waals surface area contributed by atoms with Crippen LogP contribution in [0.25, 0.3) is 0 Å². The number of nitrogens with zero attached hydrogens (tertiary/aromatic N) is 2. The molecule has 1 atom stereocenters. The Morgan fingerprint density at radius 1 is 0.974 bits per heavy atom. The summed E-state index contributed by atoms with van der Waals surface area (Å²) in [5, 5.41) is 2.78. The number of rotatable bonds is 12. The molecule has 0 aliphatic rings. The summed E-state index contributed by atoms with van der Waals surface area (Å²) in [5.41, 5.74) is 1.25. The normalized spacial score (nSPS) is 11.9. The maximum Gasteiger partial charge on any atom is 0.244 e. The zero-order valence-electron chi connectivity index (χ0n) is 21.6. The molecule has 0 spiro atoms. The molecule has 0 radical (unpaired) electrons. The van der Waals surface area contributed by atoms with Crippen molar-refractivity contribution in [2.75, 3.05) is 30.8 Å². The minimum absolute atomic E-state index is 0.000455. The number of carbonyl (C=O) groups excluding carboxylic acids is 2. The second kappa shape index (κ2) is 13.0. The Bertz CT molecular complexity index is 1350. The molecule has 0 saturated carbocycles. The van der Waals surface area contributed by atoms with Crippen molar-refractivity contribution in [2.45, 2.75) is 25.9 Å². The van der Waals surface area contributed by atoms with Gasteiger partial charge >= 0.3 is 0 Å². The van der Waals surface area contributed by atoms with Crippen LogP contribution < -0.4 is 14.4 Å². The Morgan fingerprint density at radius 3 is 2.26 bits per heavy atom. The number of anilines is 1. The lowest BCUT2D eigenvalue weighted by Crippen LogP contribution is -2.53. The molecular formula is C28H32FN3O5S. The highest BCUT2D eigenvalue weighted by atomic mass is 32.2. The molecule has 3 aromatic rings. The highest BCUT2D eigenvalue weighted by Gasteiger charge is 2.33. The molecule has 0 saturated heterocycles. The molecule has 0 heterocycles. The number of hydrogen-bond acceptors (Lipinski definition) is 5. The van der Waals surface area contributed by atoms with Crippen LogP contribution in [0.2, 0.25) is 0 Å². The summed E-state index contributed by atoms with van der Waals surface area (Å²) in [6.45, 7) is 1.43. The summed E-state index contributed by atoms with van der Waals surface area (Å²) in [5.74, 6) is -1.26. The monoisotopic (exact) mass is 541 g/mol. The van der Waals surface area contributed by atoms with Crippen molar-refractivity contribution in [3.8, 4) is 5.75 Å². The molecule has 0 aliphatic carbocycles. The van der Waals surface area contributed by atoms with Gasteiger partial charge in [-0.1, -0.05) is 54.6 Å². The van der Waals surface area contributed by atoms with Crippen LogP contribution in [-0.4, -0.2) is 57.6 Å². The van der Waals surface area contributed by atoms with Gasteiger partial charge in [0.05, 0.1) is 19.1 Å². The van der Waals surface area contributed by atoms with Crippen LogP contribution in [0.3, 0.4) is 0 Å². The molecule has 0 fully saturated rings. The second-order valence-corrected chi connectivity index (χ2v) is 10.6. The minimum Gasteiger partial charge on any atom is -0.497 e. The maximum atomic E-state index is 14.6. The van der Waals surface area contributed by atoms with Crippen LogP contribution in [0.4, 0.5) is 10.1 Å². The first-order chi connectivity index (χ1) is 18.1. The number of halogens is 1. The van der Waals surface area contributed by atoms with Gasteiger partial charge in [0.2, 0.25) is 21.8 Å². The van der Waals surface area contributed by atoms with Crippen molar-refractivity contribution in [1.29, 1.82) is 0 Å². The van der Waals surface area contributed by atoms with Crippen LogP contribution in [-0.2, 0) is 32.6 Å². The van der Waals surface area contributed by atoms with E-state index in [-0.39, 0.29) is 24.6 Å². The molecule has 3 rings (SSSR count). The molecule has 38 heavy (non-hydrogen) atoms. The molecule has 1 N–H and O–H groups in total. The Labute approximate surface area is 223 Å². The number of amides is 2. The summed E-state index contributed by atoms with van der Waals surface area (Å²) in [4.78, 5) is 28.5. The first kappa shape index (κ1) is 28.6. The van der Waals surface area contributed by atoms with Gasteiger partial charge in [0.15, 0.2) is 0 Å². The van der Waals surface area contributed by atoms with Crippen LogP contribution in [0.1, 0.15) is 18.1 Å². The Kier molecular flexibility index (Phi) is 9.84. The third kappa shape index (κ3) is 7.55. The average Bonchev–Trinajstić information content (AvgIpc) is 2.90. The van der Waals surface area contributed by atoms with Gasteiger partial charge in [-0.2, -0.15) is 0 Å². The number of benzene rings is 3. The number of ether oxygens (including phenoxy) is 1. The SMILES string of the molecule is CCNC(=O)C(Cc1ccccc1)N(Cc1cccc(OC)c1)C(=O)CN(c1ccccc1F)S(C)(=O)=O. The van der Waals surface area contributed by atoms with Gasteiger partial charge in [-0.05, 0) is 42.3 Å². The third-order valence-electron chi connectivity index (χ3n) is 5.91. The number of methoxy groups -OCH3 is 1. The van der Waals surface area contributed by atoms with Crippen LogP contribution >= 0.6 is 0 Å². The summed E-state index contributed by atoms with van der Waals surface area (Å²) >= 11 is 0. The van der Waals surface area contributed by atoms with Gasteiger partial charge < -0.3 is 15.0 Å². The smallest absolute Gasteiger partial charge is 0.244 e. The second-order valence-electron chi connectivity index (χ2n) is 8.69. The molecule has 8 nitrogen and oxygen atoms in total. The standard InChI is InChI=1S/C28H32FN3O5S/c1-4-30-28(34)26(18-21-11-6-5-7-12-21)31(19-22-13-10-14-23(17-22)37-2)27(33)20-32(38(3,35)36)25-16-9-8-15-24(25)29/h5-17,26H,4,18-20H2,1-3H3,(H,30,34). The molecule has 0 bridgehead atoms. The van der Waals surface area contributed by atoms with Crippen molar-refractivity contribution in [3.63, 3.8) is 0 Å². The molecule has 0 aliphatic heterocycles. The highest BCUT2D eigenvalue weighted by molar-refractivity contribution is 7.92. The molecule has 202 valence electrons. The molecule has 0 aromatic heterocycles. The van der Waals surface area contributed by atoms with Gasteiger partial charge in [-0.25, -0.2) is 12.8 Å². The number of likely N-dealkylation sites (N-methyl/N-ethyl adjacent to an activating group) is 1. The lowest BCUT2D eigenvalue weighted by molar-refractivity contribution is -0.140. The maximum absolute atomic E-state index is 14.6. The zero-order chi connectivity index (χ0) is 27.7. The predicted octanol–water partition coefficient (Wildman–Crippen LogP) is 3.38. The van der Waals surface area contributed by atoms with E-state index in [1.54, 1.807) is 31.2 Å². The van der Waals surface area contributed by atoms with Gasteiger partial charge in [-0.15, -0.1) is 0 Å². The van der Waals surface area contributed by atoms with Crippen molar-refractivity contribution in [3.05, 3.63) is 95.8 Å². The van der Waals surface area contributed by atoms with E-state index < -0.39 is 34.3 Å². The fraction of sp³-hybridized carbons (Fsp3) is 0.286. The van der Waals surface area contributed by atoms with Crippen LogP contribution in [0, 0.1) is 5.82 Å². The Balaban J connectivity index is 2.06. The number of sulfonamides is 1. The lowest BCUT2D eigenvalue weighted by Gasteiger charge is -2.33. The number of carbonyl (C=O) groups is 2. The van der Waals surface area contributed by atoms with E-state index in [4.69, 9.17) is 4.74 Å². The summed E-state index contributed by atoms with van der Waals surface area (Å²) in [6.07, 6.45) is 1.10. The first-order valence-electron chi connectivity index (χ1n) is 12.1. The fourth-order valence-electron chi connectivity index (χ4n) is 4.06. The molecule has 1 unspecified atom stereocenters. The van der Waals surface area contributed by atoms with Crippen LogP contribution in [0.15, 0.2) is 78.9 Å². The van der Waals surface area contributed by atoms with Crippen molar-refractivity contribution in [2.24, 2.45) is 0 Å². The number of nitrogens with one attached hydrogen (secondary N) is 1. The summed E-state index contributed by atoms with van der Waals surface area (Å²) in [7, 11) is -2.52. The number of para-hydroxylation sites is 1. The average molecular weight is 542 g/mol. The summed E-state index contributed by atoms with van der Waals surface area (Å²) in [6, 6.07) is 20.6. The fourth-order valence-corrected chi connectivity index (χ4v) is 4.91. The van der Waals surface area contributed by atoms with E-state index in [1.165, 1.54) is 30.2 Å². The van der Waals surface area contributed by atoms with Gasteiger partial charge in [0.1, 0.15) is 24.2 Å². The Hall–Kier alpha value is -3.92. The van der Waals surface area contributed by atoms with E-state index in [1.807, 2.05) is 30.3 Å². The molecule has 3 aromatic carbocycles. The van der Waals surface area contributed by atoms with Gasteiger partial charge in [0, 0.05) is 19.5 Å². The van der Waals surface area contributed by atoms with E-state index in [0.29, 0.717) is 17.9 Å². The highest BCUT2D eigenvalue weighted by Crippen LogP contribution is 2.23. The van der Waals surface area contributed by atoms with E-state index in [2.05, 4.69) is 5.32 Å². The molecule has 10 heteroatoms. The van der Waals surface area contributed by atoms with Crippen molar-refractivity contribution >= 4 is 27.5 Å². The van der Waals surface area contributed by atoms with Crippen molar-refractivity contribution < 1.29 is 27.1 Å². The Morgan fingerprint density at radius 2 is 1.63 bits per heavy atom. The van der Waals surface area contributed by atoms with Crippen LogP contribution in [0.5, 0.6) is 5.75 Å². The van der Waals surface area contributed by atoms with E-state index in [0.717, 1.165) is 22.2 Å². The van der Waals surface area contributed by atoms with E-state index >= 15 is 0 Å². The van der Waals surface area contributed by atoms with E-state index in [9.17, 15) is 22.4 Å². The number of hydrogen-bond donors (Lipinski definition) is 1. The quantitative estimate of drug-likeness (QED) is 0.379. The minimum atomic E-state index is -4.04. The van der Waals surface area contributed by atoms with Gasteiger partial charge in [0.25, 0.3) is 0 Å². The predicted molar refractivity (Wildman–Crippen MR) is 145 cm³/mol. The lowest BCUT2D eigenvalue weighted by atomic mass is 10.0. The topological polar surface area (TPSA) is 96.0 Å². The van der Waals surface area contributed by atoms with Crippen molar-refractivity contribution in [1.82, 2.24) is 10.2 Å². The first-order valence-corrected chi connectivity index (χ1v) is 13.9. The van der Waals surface area contributed by atoms with Gasteiger partial charge in [-0.3, -0.25) is 13.9 Å².